The second-order valence-corrected chi connectivity index (χ2v) is 6.84. The molecular weight excluding hydrogens is 352 g/mol. The van der Waals surface area contributed by atoms with Crippen molar-refractivity contribution in [3.05, 3.63) is 76.5 Å². The van der Waals surface area contributed by atoms with Gasteiger partial charge in [-0.2, -0.15) is 0 Å². The van der Waals surface area contributed by atoms with Crippen molar-refractivity contribution in [3.8, 4) is 0 Å². The smallest absolute Gasteiger partial charge is 0.254 e. The Bertz CT molecular complexity index is 941. The van der Waals surface area contributed by atoms with E-state index >= 15 is 0 Å². The molecule has 132 valence electrons. The van der Waals surface area contributed by atoms with Crippen LogP contribution in [0.5, 0.6) is 0 Å². The Morgan fingerprint density at radius 3 is 2.58 bits per heavy atom. The summed E-state index contributed by atoms with van der Waals surface area (Å²) in [4.78, 5) is 28.6. The minimum Gasteiger partial charge on any atom is -0.464 e. The number of amides is 2. The van der Waals surface area contributed by atoms with Crippen molar-refractivity contribution in [2.45, 2.75) is 12.6 Å². The fourth-order valence-corrected chi connectivity index (χ4v) is 3.77. The van der Waals surface area contributed by atoms with Gasteiger partial charge in [0, 0.05) is 29.3 Å². The SMILES string of the molecule is CC1=CC(=O)N2CC(=O)N(C)c3ccc(Cl)cc3[C@]2(c2ccccc2)O1. The first-order valence-electron chi connectivity index (χ1n) is 8.24. The summed E-state index contributed by atoms with van der Waals surface area (Å²) in [6.07, 6.45) is 1.41. The molecule has 0 saturated carbocycles. The van der Waals surface area contributed by atoms with E-state index in [1.807, 2.05) is 30.3 Å². The molecule has 0 aliphatic carbocycles. The first-order chi connectivity index (χ1) is 12.4. The average molecular weight is 369 g/mol. The Morgan fingerprint density at radius 1 is 1.12 bits per heavy atom. The largest absolute Gasteiger partial charge is 0.464 e. The highest BCUT2D eigenvalue weighted by atomic mass is 35.5. The number of carbonyl (C=O) groups excluding carboxylic acids is 2. The molecule has 26 heavy (non-hydrogen) atoms. The van der Waals surface area contributed by atoms with E-state index < -0.39 is 5.72 Å². The zero-order valence-corrected chi connectivity index (χ0v) is 15.2. The van der Waals surface area contributed by atoms with Gasteiger partial charge in [0.15, 0.2) is 0 Å². The molecule has 0 N–H and O–H groups in total. The third-order valence-corrected chi connectivity index (χ3v) is 5.03. The Morgan fingerprint density at radius 2 is 1.85 bits per heavy atom. The summed E-state index contributed by atoms with van der Waals surface area (Å²) in [7, 11) is 1.69. The lowest BCUT2D eigenvalue weighted by Gasteiger charge is -2.45. The standard InChI is InChI=1S/C20H17ClN2O3/c1-13-10-18(24)23-12-19(25)22(2)17-9-8-15(21)11-16(17)20(23,26-13)14-6-4-3-5-7-14/h3-11H,12H2,1-2H3/t20-/m0/s1. The van der Waals surface area contributed by atoms with Crippen molar-refractivity contribution in [2.24, 2.45) is 0 Å². The van der Waals surface area contributed by atoms with Gasteiger partial charge in [0.25, 0.3) is 5.91 Å². The van der Waals surface area contributed by atoms with Crippen LogP contribution in [0.15, 0.2) is 60.4 Å². The number of ether oxygens (including phenoxy) is 1. The van der Waals surface area contributed by atoms with E-state index in [1.165, 1.54) is 11.0 Å². The van der Waals surface area contributed by atoms with Crippen molar-refractivity contribution >= 4 is 29.1 Å². The van der Waals surface area contributed by atoms with Crippen LogP contribution >= 0.6 is 11.6 Å². The second kappa shape index (κ2) is 5.88. The maximum atomic E-state index is 12.9. The van der Waals surface area contributed by atoms with Gasteiger partial charge in [-0.15, -0.1) is 0 Å². The quantitative estimate of drug-likeness (QED) is 0.776. The fraction of sp³-hybridized carbons (Fsp3) is 0.200. The van der Waals surface area contributed by atoms with Crippen molar-refractivity contribution in [1.29, 1.82) is 0 Å². The molecule has 5 nitrogen and oxygen atoms in total. The van der Waals surface area contributed by atoms with Gasteiger partial charge < -0.3 is 9.64 Å². The highest BCUT2D eigenvalue weighted by Gasteiger charge is 2.52. The predicted molar refractivity (Wildman–Crippen MR) is 98.6 cm³/mol. The van der Waals surface area contributed by atoms with E-state index in [0.29, 0.717) is 22.0 Å². The van der Waals surface area contributed by atoms with Crippen LogP contribution in [-0.2, 0) is 20.1 Å². The number of hydrogen-bond donors (Lipinski definition) is 0. The molecule has 2 aromatic carbocycles. The first-order valence-corrected chi connectivity index (χ1v) is 8.62. The molecule has 4 rings (SSSR count). The maximum absolute atomic E-state index is 12.9. The molecule has 2 amide bonds. The average Bonchev–Trinajstić information content (AvgIpc) is 2.71. The van der Waals surface area contributed by atoms with E-state index in [0.717, 1.165) is 5.56 Å². The molecule has 0 spiro atoms. The number of nitrogens with zero attached hydrogens (tertiary/aromatic N) is 2. The van der Waals surface area contributed by atoms with Crippen LogP contribution < -0.4 is 4.90 Å². The maximum Gasteiger partial charge on any atom is 0.254 e. The Labute approximate surface area is 156 Å². The zero-order chi connectivity index (χ0) is 18.5. The molecule has 0 unspecified atom stereocenters. The van der Waals surface area contributed by atoms with Crippen LogP contribution in [0, 0.1) is 0 Å². The third-order valence-electron chi connectivity index (χ3n) is 4.80. The van der Waals surface area contributed by atoms with Gasteiger partial charge in [0.05, 0.1) is 5.69 Å². The molecule has 0 aromatic heterocycles. The topological polar surface area (TPSA) is 49.9 Å². The molecule has 6 heteroatoms. The third kappa shape index (κ3) is 2.31. The molecule has 1 atom stereocenters. The van der Waals surface area contributed by atoms with Gasteiger partial charge >= 0.3 is 0 Å². The lowest BCUT2D eigenvalue weighted by Crippen LogP contribution is -2.54. The van der Waals surface area contributed by atoms with Crippen molar-refractivity contribution in [1.82, 2.24) is 4.90 Å². The number of allylic oxidation sites excluding steroid dienone is 1. The van der Waals surface area contributed by atoms with E-state index in [1.54, 1.807) is 37.1 Å². The fourth-order valence-electron chi connectivity index (χ4n) is 3.60. The number of carbonyl (C=O) groups is 2. The highest BCUT2D eigenvalue weighted by Crippen LogP contribution is 2.47. The summed E-state index contributed by atoms with van der Waals surface area (Å²) >= 11 is 6.29. The van der Waals surface area contributed by atoms with Gasteiger partial charge in [-0.05, 0) is 25.1 Å². The molecule has 0 saturated heterocycles. The summed E-state index contributed by atoms with van der Waals surface area (Å²) in [6.45, 7) is 1.64. The lowest BCUT2D eigenvalue weighted by molar-refractivity contribution is -0.161. The highest BCUT2D eigenvalue weighted by molar-refractivity contribution is 6.30. The molecule has 2 heterocycles. The minimum absolute atomic E-state index is 0.0969. The van der Waals surface area contributed by atoms with E-state index in [-0.39, 0.29) is 18.4 Å². The number of hydrogen-bond acceptors (Lipinski definition) is 3. The van der Waals surface area contributed by atoms with Crippen LogP contribution in [0.25, 0.3) is 0 Å². The molecular formula is C20H17ClN2O3. The Balaban J connectivity index is 2.11. The predicted octanol–water partition coefficient (Wildman–Crippen LogP) is 3.28. The number of likely N-dealkylation sites (N-methyl/N-ethyl adjacent to an activating group) is 1. The number of benzene rings is 2. The zero-order valence-electron chi connectivity index (χ0n) is 14.4. The van der Waals surface area contributed by atoms with Gasteiger partial charge in [-0.25, -0.2) is 0 Å². The normalized spacial score (nSPS) is 22.2. The number of fused-ring (bicyclic) bond motifs is 3. The molecule has 0 radical (unpaired) electrons. The first kappa shape index (κ1) is 16.7. The lowest BCUT2D eigenvalue weighted by atomic mass is 9.90. The number of anilines is 1. The second-order valence-electron chi connectivity index (χ2n) is 6.41. The van der Waals surface area contributed by atoms with Crippen LogP contribution in [0.4, 0.5) is 5.69 Å². The van der Waals surface area contributed by atoms with Crippen LogP contribution in [0.2, 0.25) is 5.02 Å². The van der Waals surface area contributed by atoms with Crippen molar-refractivity contribution in [3.63, 3.8) is 0 Å². The number of halogens is 1. The Kier molecular flexibility index (Phi) is 3.77. The molecule has 0 bridgehead atoms. The summed E-state index contributed by atoms with van der Waals surface area (Å²) in [5.41, 5.74) is 0.823. The van der Waals surface area contributed by atoms with Crippen LogP contribution in [-0.4, -0.2) is 30.3 Å². The van der Waals surface area contributed by atoms with Crippen molar-refractivity contribution < 1.29 is 14.3 Å². The summed E-state index contributed by atoms with van der Waals surface area (Å²) < 4.78 is 6.32. The van der Waals surface area contributed by atoms with Crippen LogP contribution in [0.3, 0.4) is 0 Å². The monoisotopic (exact) mass is 368 g/mol. The summed E-state index contributed by atoms with van der Waals surface area (Å²) in [6, 6.07) is 14.7. The molecule has 2 aliphatic heterocycles. The van der Waals surface area contributed by atoms with Gasteiger partial charge in [-0.1, -0.05) is 41.9 Å². The minimum atomic E-state index is -1.25. The summed E-state index contributed by atoms with van der Waals surface area (Å²) in [5, 5.41) is 0.505. The summed E-state index contributed by atoms with van der Waals surface area (Å²) in [5.74, 6) is 0.0153. The molecule has 2 aliphatic rings. The van der Waals surface area contributed by atoms with E-state index in [9.17, 15) is 9.59 Å². The van der Waals surface area contributed by atoms with Gasteiger partial charge in [0.2, 0.25) is 11.6 Å². The van der Waals surface area contributed by atoms with E-state index in [2.05, 4.69) is 0 Å². The molecule has 2 aromatic rings. The van der Waals surface area contributed by atoms with Crippen molar-refractivity contribution in [2.75, 3.05) is 18.5 Å². The van der Waals surface area contributed by atoms with Gasteiger partial charge in [0.1, 0.15) is 12.3 Å². The van der Waals surface area contributed by atoms with E-state index in [4.69, 9.17) is 16.3 Å². The van der Waals surface area contributed by atoms with Gasteiger partial charge in [-0.3, -0.25) is 14.5 Å². The van der Waals surface area contributed by atoms with Crippen LogP contribution in [0.1, 0.15) is 18.1 Å². The molecule has 0 fully saturated rings. The Hall–Kier alpha value is -2.79. The number of rotatable bonds is 1.